The normalized spacial score (nSPS) is 11.4. The Morgan fingerprint density at radius 2 is 2.00 bits per heavy atom. The molecule has 0 aliphatic carbocycles. The summed E-state index contributed by atoms with van der Waals surface area (Å²) in [5, 5.41) is 0. The van der Waals surface area contributed by atoms with E-state index in [-0.39, 0.29) is 17.9 Å². The van der Waals surface area contributed by atoms with Crippen LogP contribution in [0.5, 0.6) is 0 Å². The van der Waals surface area contributed by atoms with Gasteiger partial charge < -0.3 is 5.73 Å². The van der Waals surface area contributed by atoms with Crippen LogP contribution in [0.15, 0.2) is 29.2 Å². The van der Waals surface area contributed by atoms with Crippen LogP contribution in [0, 0.1) is 6.92 Å². The molecule has 0 aliphatic rings. The predicted molar refractivity (Wildman–Crippen MR) is 64.8 cm³/mol. The van der Waals surface area contributed by atoms with E-state index in [0.29, 0.717) is 12.0 Å². The van der Waals surface area contributed by atoms with Gasteiger partial charge in [0.2, 0.25) is 15.9 Å². The first-order valence-electron chi connectivity index (χ1n) is 5.27. The van der Waals surface area contributed by atoms with Crippen molar-refractivity contribution in [3.8, 4) is 0 Å². The zero-order chi connectivity index (χ0) is 12.9. The molecule has 17 heavy (non-hydrogen) atoms. The SMILES string of the molecule is Cc1ccccc1S(=O)(=O)NCCCC(N)=O. The molecule has 1 rings (SSSR count). The molecule has 0 saturated carbocycles. The molecule has 1 amide bonds. The maximum atomic E-state index is 11.9. The molecule has 0 radical (unpaired) electrons. The van der Waals surface area contributed by atoms with Gasteiger partial charge in [0, 0.05) is 13.0 Å². The lowest BCUT2D eigenvalue weighted by Gasteiger charge is -2.08. The summed E-state index contributed by atoms with van der Waals surface area (Å²) in [7, 11) is -3.49. The molecular formula is C11H16N2O3S. The molecule has 0 aliphatic heterocycles. The van der Waals surface area contributed by atoms with Crippen LogP contribution >= 0.6 is 0 Å². The van der Waals surface area contributed by atoms with Crippen molar-refractivity contribution in [3.05, 3.63) is 29.8 Å². The van der Waals surface area contributed by atoms with E-state index in [0.717, 1.165) is 0 Å². The van der Waals surface area contributed by atoms with Crippen LogP contribution in [0.3, 0.4) is 0 Å². The van der Waals surface area contributed by atoms with Crippen molar-refractivity contribution in [1.82, 2.24) is 4.72 Å². The molecule has 94 valence electrons. The molecule has 6 heteroatoms. The average Bonchev–Trinajstić information content (AvgIpc) is 2.24. The van der Waals surface area contributed by atoms with Crippen molar-refractivity contribution in [2.45, 2.75) is 24.7 Å². The number of hydrogen-bond donors (Lipinski definition) is 2. The van der Waals surface area contributed by atoms with Gasteiger partial charge in [0.15, 0.2) is 0 Å². The van der Waals surface area contributed by atoms with E-state index in [4.69, 9.17) is 5.73 Å². The molecule has 0 saturated heterocycles. The summed E-state index contributed by atoms with van der Waals surface area (Å²) in [4.78, 5) is 10.8. The Labute approximate surface area is 101 Å². The monoisotopic (exact) mass is 256 g/mol. The highest BCUT2D eigenvalue weighted by atomic mass is 32.2. The highest BCUT2D eigenvalue weighted by molar-refractivity contribution is 7.89. The van der Waals surface area contributed by atoms with Crippen LogP contribution in [-0.2, 0) is 14.8 Å². The van der Waals surface area contributed by atoms with Crippen LogP contribution in [0.25, 0.3) is 0 Å². The Balaban J connectivity index is 2.64. The van der Waals surface area contributed by atoms with Gasteiger partial charge in [-0.2, -0.15) is 0 Å². The van der Waals surface area contributed by atoms with E-state index in [1.807, 2.05) is 0 Å². The van der Waals surface area contributed by atoms with E-state index in [1.165, 1.54) is 0 Å². The Hall–Kier alpha value is -1.40. The Morgan fingerprint density at radius 1 is 1.35 bits per heavy atom. The fourth-order valence-electron chi connectivity index (χ4n) is 1.40. The summed E-state index contributed by atoms with van der Waals surface area (Å²) in [6.45, 7) is 1.94. The predicted octanol–water partition coefficient (Wildman–Crippen LogP) is 0.539. The fourth-order valence-corrected chi connectivity index (χ4v) is 2.72. The lowest BCUT2D eigenvalue weighted by molar-refractivity contribution is -0.118. The number of benzene rings is 1. The van der Waals surface area contributed by atoms with Crippen molar-refractivity contribution >= 4 is 15.9 Å². The zero-order valence-electron chi connectivity index (χ0n) is 9.64. The minimum absolute atomic E-state index is 0.177. The summed E-state index contributed by atoms with van der Waals surface area (Å²) in [5.74, 6) is -0.430. The lowest BCUT2D eigenvalue weighted by Crippen LogP contribution is -2.26. The molecule has 0 unspecified atom stereocenters. The van der Waals surface area contributed by atoms with E-state index in [2.05, 4.69) is 4.72 Å². The topological polar surface area (TPSA) is 89.3 Å². The minimum atomic E-state index is -3.49. The van der Waals surface area contributed by atoms with Crippen LogP contribution < -0.4 is 10.5 Å². The van der Waals surface area contributed by atoms with E-state index < -0.39 is 15.9 Å². The van der Waals surface area contributed by atoms with Gasteiger partial charge in [-0.15, -0.1) is 0 Å². The first-order valence-corrected chi connectivity index (χ1v) is 6.75. The maximum absolute atomic E-state index is 11.9. The Morgan fingerprint density at radius 3 is 2.59 bits per heavy atom. The van der Waals surface area contributed by atoms with E-state index >= 15 is 0 Å². The number of nitrogens with two attached hydrogens (primary N) is 1. The first kappa shape index (κ1) is 13.7. The van der Waals surface area contributed by atoms with Gasteiger partial charge in [-0.1, -0.05) is 18.2 Å². The number of aryl methyl sites for hydroxylation is 1. The number of carbonyl (C=O) groups excluding carboxylic acids is 1. The summed E-state index contributed by atoms with van der Waals surface area (Å²) in [5.41, 5.74) is 5.65. The summed E-state index contributed by atoms with van der Waals surface area (Å²) in [6, 6.07) is 6.73. The standard InChI is InChI=1S/C11H16N2O3S/c1-9-5-2-3-6-10(9)17(15,16)13-8-4-7-11(12)14/h2-3,5-6,13H,4,7-8H2,1H3,(H2,12,14). The molecular weight excluding hydrogens is 240 g/mol. The van der Waals surface area contributed by atoms with Crippen LogP contribution in [-0.4, -0.2) is 20.9 Å². The van der Waals surface area contributed by atoms with Gasteiger partial charge in [-0.25, -0.2) is 13.1 Å². The Kier molecular flexibility index (Phi) is 4.65. The molecule has 1 aromatic carbocycles. The molecule has 0 heterocycles. The number of nitrogens with one attached hydrogen (secondary N) is 1. The third kappa shape index (κ3) is 4.16. The molecule has 0 aromatic heterocycles. The van der Waals surface area contributed by atoms with Gasteiger partial charge in [-0.3, -0.25) is 4.79 Å². The Bertz CT molecular complexity index is 497. The zero-order valence-corrected chi connectivity index (χ0v) is 10.5. The second-order valence-corrected chi connectivity index (χ2v) is 5.47. The highest BCUT2D eigenvalue weighted by Gasteiger charge is 2.15. The number of amides is 1. The summed E-state index contributed by atoms with van der Waals surface area (Å²) >= 11 is 0. The van der Waals surface area contributed by atoms with Gasteiger partial charge in [0.1, 0.15) is 0 Å². The van der Waals surface area contributed by atoms with Crippen molar-refractivity contribution in [2.24, 2.45) is 5.73 Å². The van der Waals surface area contributed by atoms with Crippen molar-refractivity contribution in [2.75, 3.05) is 6.54 Å². The third-order valence-electron chi connectivity index (χ3n) is 2.28. The second-order valence-electron chi connectivity index (χ2n) is 3.73. The van der Waals surface area contributed by atoms with Gasteiger partial charge in [-0.05, 0) is 25.0 Å². The third-order valence-corrected chi connectivity index (χ3v) is 3.90. The molecule has 3 N–H and O–H groups in total. The van der Waals surface area contributed by atoms with Crippen molar-refractivity contribution in [1.29, 1.82) is 0 Å². The fraction of sp³-hybridized carbons (Fsp3) is 0.364. The molecule has 1 aromatic rings. The highest BCUT2D eigenvalue weighted by Crippen LogP contribution is 2.13. The smallest absolute Gasteiger partial charge is 0.240 e. The summed E-state index contributed by atoms with van der Waals surface area (Å²) < 4.78 is 26.2. The first-order chi connectivity index (χ1) is 7.93. The number of sulfonamides is 1. The minimum Gasteiger partial charge on any atom is -0.370 e. The number of hydrogen-bond acceptors (Lipinski definition) is 3. The quantitative estimate of drug-likeness (QED) is 0.728. The number of carbonyl (C=O) groups is 1. The van der Waals surface area contributed by atoms with E-state index in [9.17, 15) is 13.2 Å². The van der Waals surface area contributed by atoms with Crippen LogP contribution in [0.2, 0.25) is 0 Å². The number of primary amides is 1. The maximum Gasteiger partial charge on any atom is 0.240 e. The lowest BCUT2D eigenvalue weighted by atomic mass is 10.2. The number of rotatable bonds is 6. The van der Waals surface area contributed by atoms with Crippen LogP contribution in [0.1, 0.15) is 18.4 Å². The summed E-state index contributed by atoms with van der Waals surface area (Å²) in [6.07, 6.45) is 0.580. The molecule has 0 atom stereocenters. The van der Waals surface area contributed by atoms with Crippen LogP contribution in [0.4, 0.5) is 0 Å². The van der Waals surface area contributed by atoms with Gasteiger partial charge >= 0.3 is 0 Å². The second kappa shape index (κ2) is 5.79. The van der Waals surface area contributed by atoms with Gasteiger partial charge in [0.25, 0.3) is 0 Å². The van der Waals surface area contributed by atoms with Crippen molar-refractivity contribution < 1.29 is 13.2 Å². The molecule has 0 bridgehead atoms. The van der Waals surface area contributed by atoms with E-state index in [1.54, 1.807) is 31.2 Å². The average molecular weight is 256 g/mol. The molecule has 0 spiro atoms. The molecule has 5 nitrogen and oxygen atoms in total. The van der Waals surface area contributed by atoms with Gasteiger partial charge in [0.05, 0.1) is 4.90 Å². The molecule has 0 fully saturated rings. The van der Waals surface area contributed by atoms with Crippen molar-refractivity contribution in [3.63, 3.8) is 0 Å². The largest absolute Gasteiger partial charge is 0.370 e.